The quantitative estimate of drug-likeness (QED) is 0.290. The highest BCUT2D eigenvalue weighted by atomic mass is 35.5. The number of halogens is 2. The average molecular weight is 415 g/mol. The van der Waals surface area contributed by atoms with Gasteiger partial charge in [0.2, 0.25) is 5.70 Å². The van der Waals surface area contributed by atoms with Crippen LogP contribution in [0.15, 0.2) is 73.1 Å². The Hall–Kier alpha value is -2.40. The number of thiocarbonyl (C=S) groups is 1. The molecule has 1 N–H and O–H groups in total. The summed E-state index contributed by atoms with van der Waals surface area (Å²) in [6.07, 6.45) is 3.52. The molecule has 0 bridgehead atoms. The van der Waals surface area contributed by atoms with Crippen molar-refractivity contribution in [2.45, 2.75) is 6.92 Å². The number of pyridine rings is 1. The van der Waals surface area contributed by atoms with Gasteiger partial charge in [-0.1, -0.05) is 59.7 Å². The van der Waals surface area contributed by atoms with Crippen LogP contribution in [0, 0.1) is 6.92 Å². The van der Waals surface area contributed by atoms with Crippen LogP contribution in [0.2, 0.25) is 10.0 Å². The summed E-state index contributed by atoms with van der Waals surface area (Å²) in [5.41, 5.74) is 2.44. The number of para-hydroxylation sites is 1. The summed E-state index contributed by atoms with van der Waals surface area (Å²) in [4.78, 5) is 0.293. The fourth-order valence-corrected chi connectivity index (χ4v) is 3.26. The van der Waals surface area contributed by atoms with E-state index in [0.29, 0.717) is 20.6 Å². The standard InChI is InChI=1S/C21H16Cl2N2OS/c1-14-7-3-4-8-18(14)24-21(27)19(25-11-5-2-6-12-25)20(26)16-13-15(22)9-10-17(16)23/h2-13H,1H3,(H-,24,26,27). The second-order valence-corrected chi connectivity index (χ2v) is 7.11. The summed E-state index contributed by atoms with van der Waals surface area (Å²) in [5, 5.41) is 17.2. The molecule has 0 aliphatic heterocycles. The van der Waals surface area contributed by atoms with Gasteiger partial charge in [-0.05, 0) is 48.1 Å². The Kier molecular flexibility index (Phi) is 6.11. The number of anilines is 1. The van der Waals surface area contributed by atoms with Gasteiger partial charge in [-0.15, -0.1) is 0 Å². The van der Waals surface area contributed by atoms with Gasteiger partial charge in [-0.2, -0.15) is 4.57 Å². The molecule has 1 aromatic heterocycles. The zero-order chi connectivity index (χ0) is 19.4. The number of rotatable bonds is 4. The molecular formula is C21H16Cl2N2OS. The van der Waals surface area contributed by atoms with Crippen molar-refractivity contribution in [2.24, 2.45) is 0 Å². The van der Waals surface area contributed by atoms with E-state index in [1.807, 2.05) is 49.4 Å². The molecule has 1 heterocycles. The van der Waals surface area contributed by atoms with Gasteiger partial charge in [0.05, 0.1) is 0 Å². The number of hydrogen-bond donors (Lipinski definition) is 1. The molecular weight excluding hydrogens is 399 g/mol. The fourth-order valence-electron chi connectivity index (χ4n) is 2.58. The minimum atomic E-state index is -0.315. The third kappa shape index (κ3) is 4.48. The zero-order valence-corrected chi connectivity index (χ0v) is 16.8. The van der Waals surface area contributed by atoms with E-state index < -0.39 is 0 Å². The van der Waals surface area contributed by atoms with Gasteiger partial charge in [0.15, 0.2) is 17.4 Å². The Labute approximate surface area is 173 Å². The molecule has 136 valence electrons. The van der Waals surface area contributed by atoms with Crippen LogP contribution in [-0.2, 0) is 0 Å². The van der Waals surface area contributed by atoms with E-state index in [2.05, 4.69) is 5.32 Å². The van der Waals surface area contributed by atoms with Crippen molar-refractivity contribution < 1.29 is 9.67 Å². The predicted molar refractivity (Wildman–Crippen MR) is 114 cm³/mol. The van der Waals surface area contributed by atoms with Crippen LogP contribution in [0.25, 0.3) is 11.5 Å². The maximum atomic E-state index is 13.3. The van der Waals surface area contributed by atoms with Crippen LogP contribution in [0.5, 0.6) is 0 Å². The van der Waals surface area contributed by atoms with E-state index in [1.165, 1.54) is 0 Å². The van der Waals surface area contributed by atoms with Gasteiger partial charge in [-0.3, -0.25) is 0 Å². The lowest BCUT2D eigenvalue weighted by Crippen LogP contribution is -2.39. The van der Waals surface area contributed by atoms with Crippen LogP contribution >= 0.6 is 35.4 Å². The summed E-state index contributed by atoms with van der Waals surface area (Å²) in [5.74, 6) is -0.315. The lowest BCUT2D eigenvalue weighted by Gasteiger charge is -2.18. The first-order valence-corrected chi connectivity index (χ1v) is 9.34. The molecule has 0 radical (unpaired) electrons. The molecule has 0 aliphatic rings. The molecule has 0 unspecified atom stereocenters. The third-order valence-electron chi connectivity index (χ3n) is 3.97. The Balaban J connectivity index is 2.13. The number of aromatic nitrogens is 1. The summed E-state index contributed by atoms with van der Waals surface area (Å²) in [6, 6.07) is 18.0. The van der Waals surface area contributed by atoms with Crippen molar-refractivity contribution in [2.75, 3.05) is 5.32 Å². The summed E-state index contributed by atoms with van der Waals surface area (Å²) < 4.78 is 1.67. The second-order valence-electron chi connectivity index (χ2n) is 5.85. The Bertz CT molecular complexity index is 1020. The second kappa shape index (κ2) is 8.53. The Morgan fingerprint density at radius 1 is 1.00 bits per heavy atom. The maximum absolute atomic E-state index is 13.3. The van der Waals surface area contributed by atoms with E-state index in [1.54, 1.807) is 35.2 Å². The fraction of sp³-hybridized carbons (Fsp3) is 0.0476. The number of hydrogen-bond acceptors (Lipinski definition) is 2. The van der Waals surface area contributed by atoms with Gasteiger partial charge >= 0.3 is 0 Å². The number of aryl methyl sites for hydroxylation is 1. The molecule has 0 atom stereocenters. The first-order chi connectivity index (χ1) is 13.0. The molecule has 27 heavy (non-hydrogen) atoms. The predicted octanol–water partition coefficient (Wildman–Crippen LogP) is 4.71. The molecule has 0 spiro atoms. The molecule has 0 amide bonds. The summed E-state index contributed by atoms with van der Waals surface area (Å²) >= 11 is 17.9. The molecule has 2 aromatic carbocycles. The van der Waals surface area contributed by atoms with Crippen molar-refractivity contribution in [3.8, 4) is 0 Å². The number of benzene rings is 2. The van der Waals surface area contributed by atoms with Crippen molar-refractivity contribution in [3.05, 3.63) is 94.2 Å². The summed E-state index contributed by atoms with van der Waals surface area (Å²) in [6.45, 7) is 1.97. The number of nitrogens with one attached hydrogen (secondary N) is 1. The zero-order valence-electron chi connectivity index (χ0n) is 14.4. The third-order valence-corrected chi connectivity index (χ3v) is 4.83. The molecule has 0 saturated heterocycles. The van der Waals surface area contributed by atoms with Crippen LogP contribution in [0.3, 0.4) is 0 Å². The maximum Gasteiger partial charge on any atom is 0.238 e. The molecule has 0 aliphatic carbocycles. The van der Waals surface area contributed by atoms with Gasteiger partial charge in [0.1, 0.15) is 0 Å². The first-order valence-electron chi connectivity index (χ1n) is 8.17. The monoisotopic (exact) mass is 414 g/mol. The smallest absolute Gasteiger partial charge is 0.238 e. The van der Waals surface area contributed by atoms with Gasteiger partial charge in [-0.25, -0.2) is 0 Å². The lowest BCUT2D eigenvalue weighted by molar-refractivity contribution is -0.577. The topological polar surface area (TPSA) is 39.0 Å². The molecule has 3 aromatic rings. The average Bonchev–Trinajstić information content (AvgIpc) is 2.66. The lowest BCUT2D eigenvalue weighted by atomic mass is 10.1. The SMILES string of the molecule is Cc1ccccc1NC(=S)/C(=C(\[O-])c1cc(Cl)ccc1Cl)[n+]1ccccc1. The van der Waals surface area contributed by atoms with E-state index in [0.717, 1.165) is 11.3 Å². The van der Waals surface area contributed by atoms with E-state index in [9.17, 15) is 5.11 Å². The number of nitrogens with zero attached hydrogens (tertiary/aromatic N) is 1. The highest BCUT2D eigenvalue weighted by molar-refractivity contribution is 7.81. The minimum absolute atomic E-state index is 0.290. The molecule has 6 heteroatoms. The van der Waals surface area contributed by atoms with Crippen molar-refractivity contribution in [1.82, 2.24) is 0 Å². The van der Waals surface area contributed by atoms with E-state index in [-0.39, 0.29) is 11.5 Å². The van der Waals surface area contributed by atoms with Gasteiger partial charge in [0, 0.05) is 27.9 Å². The van der Waals surface area contributed by atoms with Crippen molar-refractivity contribution in [1.29, 1.82) is 0 Å². The van der Waals surface area contributed by atoms with Gasteiger partial charge in [0.25, 0.3) is 0 Å². The summed E-state index contributed by atoms with van der Waals surface area (Å²) in [7, 11) is 0. The highest BCUT2D eigenvalue weighted by Crippen LogP contribution is 2.27. The largest absolute Gasteiger partial charge is 0.867 e. The molecule has 3 nitrogen and oxygen atoms in total. The molecule has 0 saturated carbocycles. The van der Waals surface area contributed by atoms with Crippen molar-refractivity contribution >= 4 is 57.6 Å². The van der Waals surface area contributed by atoms with Gasteiger partial charge < -0.3 is 10.4 Å². The van der Waals surface area contributed by atoms with Crippen LogP contribution in [0.1, 0.15) is 11.1 Å². The normalized spacial score (nSPS) is 11.7. The first kappa shape index (κ1) is 19.4. The van der Waals surface area contributed by atoms with E-state index in [4.69, 9.17) is 35.4 Å². The Morgan fingerprint density at radius 2 is 1.70 bits per heavy atom. The van der Waals surface area contributed by atoms with E-state index >= 15 is 0 Å². The minimum Gasteiger partial charge on any atom is -0.867 e. The van der Waals surface area contributed by atoms with Crippen LogP contribution in [-0.4, -0.2) is 4.99 Å². The van der Waals surface area contributed by atoms with Crippen LogP contribution in [0.4, 0.5) is 5.69 Å². The molecule has 0 fully saturated rings. The van der Waals surface area contributed by atoms with Crippen LogP contribution < -0.4 is 15.0 Å². The molecule has 3 rings (SSSR count). The Morgan fingerprint density at radius 3 is 2.41 bits per heavy atom. The van der Waals surface area contributed by atoms with Crippen molar-refractivity contribution in [3.63, 3.8) is 0 Å². The highest BCUT2D eigenvalue weighted by Gasteiger charge is 2.20.